The van der Waals surface area contributed by atoms with E-state index in [1.54, 1.807) is 28.1 Å². The van der Waals surface area contributed by atoms with Gasteiger partial charge >= 0.3 is 4.87 Å². The number of thiazole rings is 1. The number of imidazole rings is 1. The van der Waals surface area contributed by atoms with Gasteiger partial charge in [-0.1, -0.05) is 11.3 Å². The van der Waals surface area contributed by atoms with E-state index in [9.17, 15) is 4.79 Å². The molecule has 0 aliphatic carbocycles. The highest BCUT2D eigenvalue weighted by Gasteiger charge is 2.10. The largest absolute Gasteiger partial charge is 0.369 e. The molecule has 2 aromatic heterocycles. The minimum absolute atomic E-state index is 0.101. The molecule has 0 saturated heterocycles. The van der Waals surface area contributed by atoms with Gasteiger partial charge in [0.2, 0.25) is 5.95 Å². The molecule has 0 atom stereocenters. The number of nitrogen functional groups attached to an aromatic ring is 1. The molecule has 94 valence electrons. The number of nitrogens with zero attached hydrogens (tertiary/aromatic N) is 3. The van der Waals surface area contributed by atoms with Gasteiger partial charge in [-0.15, -0.1) is 0 Å². The maximum atomic E-state index is 11.1. The Labute approximate surface area is 111 Å². The highest BCUT2D eigenvalue weighted by atomic mass is 32.1. The molecule has 6 nitrogen and oxygen atoms in total. The Kier molecular flexibility index (Phi) is 2.58. The number of benzene rings is 1. The van der Waals surface area contributed by atoms with E-state index in [1.165, 1.54) is 0 Å². The summed E-state index contributed by atoms with van der Waals surface area (Å²) in [6.07, 6.45) is 0. The van der Waals surface area contributed by atoms with Crippen molar-refractivity contribution in [2.24, 2.45) is 0 Å². The van der Waals surface area contributed by atoms with Crippen molar-refractivity contribution in [3.63, 3.8) is 0 Å². The number of nitrogens with one attached hydrogen (secondary N) is 1. The number of nitriles is 1. The van der Waals surface area contributed by atoms with Gasteiger partial charge in [-0.3, -0.25) is 4.79 Å². The monoisotopic (exact) mass is 271 g/mol. The number of aromatic nitrogens is 3. The number of aromatic amines is 1. The quantitative estimate of drug-likeness (QED) is 0.733. The highest BCUT2D eigenvalue weighted by molar-refractivity contribution is 7.07. The van der Waals surface area contributed by atoms with Crippen molar-refractivity contribution in [3.05, 3.63) is 44.5 Å². The van der Waals surface area contributed by atoms with Crippen molar-refractivity contribution in [3.8, 4) is 6.07 Å². The Morgan fingerprint density at radius 2 is 2.37 bits per heavy atom. The molecule has 3 rings (SSSR count). The van der Waals surface area contributed by atoms with Crippen molar-refractivity contribution >= 4 is 28.3 Å². The van der Waals surface area contributed by atoms with Gasteiger partial charge in [0.05, 0.1) is 29.2 Å². The maximum absolute atomic E-state index is 11.1. The van der Waals surface area contributed by atoms with E-state index in [-0.39, 0.29) is 4.87 Å². The SMILES string of the molecule is N#Cc1ccc2nc(N)n(Cc3csc(=O)[nH]3)c2c1. The van der Waals surface area contributed by atoms with E-state index in [0.717, 1.165) is 28.1 Å². The minimum Gasteiger partial charge on any atom is -0.369 e. The first-order valence-corrected chi connectivity index (χ1v) is 6.38. The van der Waals surface area contributed by atoms with Crippen LogP contribution in [0.1, 0.15) is 11.3 Å². The van der Waals surface area contributed by atoms with Crippen molar-refractivity contribution in [2.45, 2.75) is 6.54 Å². The van der Waals surface area contributed by atoms with Gasteiger partial charge in [0.25, 0.3) is 0 Å². The first-order chi connectivity index (χ1) is 9.17. The molecular formula is C12H9N5OS. The summed E-state index contributed by atoms with van der Waals surface area (Å²) in [7, 11) is 0. The Morgan fingerprint density at radius 3 is 3.05 bits per heavy atom. The summed E-state index contributed by atoms with van der Waals surface area (Å²) in [5.74, 6) is 0.358. The zero-order chi connectivity index (χ0) is 13.4. The third kappa shape index (κ3) is 1.98. The summed E-state index contributed by atoms with van der Waals surface area (Å²) in [4.78, 5) is 18.0. The molecule has 7 heteroatoms. The first-order valence-electron chi connectivity index (χ1n) is 5.50. The third-order valence-corrected chi connectivity index (χ3v) is 3.52. The Morgan fingerprint density at radius 1 is 1.53 bits per heavy atom. The van der Waals surface area contributed by atoms with Crippen LogP contribution in [0.3, 0.4) is 0 Å². The van der Waals surface area contributed by atoms with Gasteiger partial charge in [-0.2, -0.15) is 5.26 Å². The van der Waals surface area contributed by atoms with E-state index < -0.39 is 0 Å². The van der Waals surface area contributed by atoms with Crippen LogP contribution >= 0.6 is 11.3 Å². The fraction of sp³-hybridized carbons (Fsp3) is 0.0833. The molecule has 19 heavy (non-hydrogen) atoms. The van der Waals surface area contributed by atoms with Crippen LogP contribution in [0.15, 0.2) is 28.4 Å². The number of hydrogen-bond donors (Lipinski definition) is 2. The molecule has 0 saturated carbocycles. The molecule has 3 N–H and O–H groups in total. The van der Waals surface area contributed by atoms with Crippen LogP contribution in [0.2, 0.25) is 0 Å². The number of hydrogen-bond acceptors (Lipinski definition) is 5. The fourth-order valence-electron chi connectivity index (χ4n) is 1.94. The lowest BCUT2D eigenvalue weighted by molar-refractivity contribution is 0.814. The lowest BCUT2D eigenvalue weighted by Gasteiger charge is -2.04. The van der Waals surface area contributed by atoms with Gasteiger partial charge < -0.3 is 15.3 Å². The predicted molar refractivity (Wildman–Crippen MR) is 72.9 cm³/mol. The van der Waals surface area contributed by atoms with E-state index >= 15 is 0 Å². The Balaban J connectivity index is 2.14. The van der Waals surface area contributed by atoms with E-state index in [1.807, 2.05) is 0 Å². The minimum atomic E-state index is -0.101. The smallest absolute Gasteiger partial charge is 0.304 e. The molecule has 0 amide bonds. The molecule has 0 fully saturated rings. The van der Waals surface area contributed by atoms with Crippen LogP contribution in [0, 0.1) is 11.3 Å². The summed E-state index contributed by atoms with van der Waals surface area (Å²) < 4.78 is 1.77. The van der Waals surface area contributed by atoms with Crippen LogP contribution in [0.4, 0.5) is 5.95 Å². The lowest BCUT2D eigenvalue weighted by atomic mass is 10.2. The second kappa shape index (κ2) is 4.26. The van der Waals surface area contributed by atoms with Gasteiger partial charge in [-0.05, 0) is 18.2 Å². The second-order valence-electron chi connectivity index (χ2n) is 4.04. The molecule has 2 heterocycles. The molecule has 0 bridgehead atoms. The van der Waals surface area contributed by atoms with Crippen molar-refractivity contribution < 1.29 is 0 Å². The van der Waals surface area contributed by atoms with E-state index in [2.05, 4.69) is 16.0 Å². The predicted octanol–water partition coefficient (Wildman–Crippen LogP) is 1.29. The van der Waals surface area contributed by atoms with Gasteiger partial charge in [0.1, 0.15) is 0 Å². The fourth-order valence-corrected chi connectivity index (χ4v) is 2.51. The van der Waals surface area contributed by atoms with Gasteiger partial charge in [-0.25, -0.2) is 4.98 Å². The van der Waals surface area contributed by atoms with E-state index in [0.29, 0.717) is 18.1 Å². The Hall–Kier alpha value is -2.59. The highest BCUT2D eigenvalue weighted by Crippen LogP contribution is 2.20. The molecular weight excluding hydrogens is 262 g/mol. The maximum Gasteiger partial charge on any atom is 0.304 e. The van der Waals surface area contributed by atoms with Crippen LogP contribution in [-0.4, -0.2) is 14.5 Å². The molecule has 1 aromatic carbocycles. The molecule has 0 spiro atoms. The summed E-state index contributed by atoms with van der Waals surface area (Å²) >= 11 is 1.11. The van der Waals surface area contributed by atoms with Crippen molar-refractivity contribution in [2.75, 3.05) is 5.73 Å². The van der Waals surface area contributed by atoms with Crippen molar-refractivity contribution in [1.29, 1.82) is 5.26 Å². The average Bonchev–Trinajstić information content (AvgIpc) is 2.94. The average molecular weight is 271 g/mol. The molecule has 3 aromatic rings. The molecule has 0 unspecified atom stereocenters. The number of fused-ring (bicyclic) bond motifs is 1. The van der Waals surface area contributed by atoms with Gasteiger partial charge in [0.15, 0.2) is 0 Å². The zero-order valence-corrected chi connectivity index (χ0v) is 10.6. The number of H-pyrrole nitrogens is 1. The topological polar surface area (TPSA) is 100 Å². The van der Waals surface area contributed by atoms with Crippen LogP contribution in [-0.2, 0) is 6.54 Å². The van der Waals surface area contributed by atoms with Crippen molar-refractivity contribution in [1.82, 2.24) is 14.5 Å². The molecule has 0 aliphatic heterocycles. The summed E-state index contributed by atoms with van der Waals surface area (Å²) in [6, 6.07) is 7.29. The summed E-state index contributed by atoms with van der Waals surface area (Å²) in [5.41, 5.74) is 8.71. The number of nitrogens with two attached hydrogens (primary N) is 1. The first kappa shape index (κ1) is 11.5. The number of rotatable bonds is 2. The summed E-state index contributed by atoms with van der Waals surface area (Å²) in [5, 5.41) is 10.7. The normalized spacial score (nSPS) is 10.7. The van der Waals surface area contributed by atoms with Crippen LogP contribution in [0.5, 0.6) is 0 Å². The molecule has 0 aliphatic rings. The zero-order valence-electron chi connectivity index (χ0n) is 9.75. The second-order valence-corrected chi connectivity index (χ2v) is 4.89. The van der Waals surface area contributed by atoms with E-state index in [4.69, 9.17) is 11.0 Å². The number of anilines is 1. The lowest BCUT2D eigenvalue weighted by Crippen LogP contribution is -2.06. The van der Waals surface area contributed by atoms with Gasteiger partial charge in [0, 0.05) is 11.1 Å². The van der Waals surface area contributed by atoms with Crippen LogP contribution < -0.4 is 10.6 Å². The van der Waals surface area contributed by atoms with Crippen LogP contribution in [0.25, 0.3) is 11.0 Å². The Bertz CT molecular complexity index is 851. The third-order valence-electron chi connectivity index (χ3n) is 2.81. The standard InChI is InChI=1S/C12H9N5OS/c13-4-7-1-2-9-10(3-7)17(11(14)16-9)5-8-6-19-12(18)15-8/h1-3,6H,5H2,(H2,14,16)(H,15,18). The molecule has 0 radical (unpaired) electrons. The summed E-state index contributed by atoms with van der Waals surface area (Å²) in [6.45, 7) is 0.427.